The Morgan fingerprint density at radius 1 is 1.62 bits per heavy atom. The van der Waals surface area contributed by atoms with Gasteiger partial charge in [0, 0.05) is 25.0 Å². The van der Waals surface area contributed by atoms with Crippen molar-refractivity contribution in [2.75, 3.05) is 6.54 Å². The van der Waals surface area contributed by atoms with Gasteiger partial charge in [0.05, 0.1) is 5.92 Å². The zero-order chi connectivity index (χ0) is 9.84. The lowest BCUT2D eigenvalue weighted by Gasteiger charge is -2.14. The van der Waals surface area contributed by atoms with Crippen molar-refractivity contribution in [2.24, 2.45) is 5.73 Å². The maximum atomic E-state index is 12.5. The van der Waals surface area contributed by atoms with Crippen molar-refractivity contribution in [3.05, 3.63) is 18.0 Å². The SMILES string of the molecule is CCn1nccc1C(CN)C(F)F. The van der Waals surface area contributed by atoms with Crippen LogP contribution < -0.4 is 5.73 Å². The molecule has 74 valence electrons. The normalized spacial score (nSPS) is 13.6. The summed E-state index contributed by atoms with van der Waals surface area (Å²) in [5.41, 5.74) is 5.78. The minimum Gasteiger partial charge on any atom is -0.330 e. The van der Waals surface area contributed by atoms with Crippen LogP contribution in [0.2, 0.25) is 0 Å². The minimum absolute atomic E-state index is 0.0522. The van der Waals surface area contributed by atoms with Crippen molar-refractivity contribution in [1.29, 1.82) is 0 Å². The Morgan fingerprint density at radius 2 is 2.31 bits per heavy atom. The van der Waals surface area contributed by atoms with E-state index in [9.17, 15) is 8.78 Å². The van der Waals surface area contributed by atoms with Crippen LogP contribution in [0.3, 0.4) is 0 Å². The molecule has 13 heavy (non-hydrogen) atoms. The lowest BCUT2D eigenvalue weighted by Crippen LogP contribution is -2.22. The third-order valence-electron chi connectivity index (χ3n) is 1.99. The molecule has 1 heterocycles. The molecule has 0 fully saturated rings. The fourth-order valence-corrected chi connectivity index (χ4v) is 1.27. The predicted octanol–water partition coefficient (Wildman–Crippen LogP) is 1.21. The number of hydrogen-bond donors (Lipinski definition) is 1. The molecule has 0 amide bonds. The van der Waals surface area contributed by atoms with Crippen LogP contribution in [0.4, 0.5) is 8.78 Å². The zero-order valence-corrected chi connectivity index (χ0v) is 7.45. The zero-order valence-electron chi connectivity index (χ0n) is 7.45. The van der Waals surface area contributed by atoms with E-state index < -0.39 is 12.3 Å². The summed E-state index contributed by atoms with van der Waals surface area (Å²) in [5, 5.41) is 3.91. The molecule has 0 radical (unpaired) electrons. The highest BCUT2D eigenvalue weighted by atomic mass is 19.3. The molecule has 0 aliphatic heterocycles. The average Bonchev–Trinajstić information content (AvgIpc) is 2.53. The van der Waals surface area contributed by atoms with E-state index >= 15 is 0 Å². The topological polar surface area (TPSA) is 43.8 Å². The third kappa shape index (κ3) is 2.03. The maximum Gasteiger partial charge on any atom is 0.248 e. The monoisotopic (exact) mass is 189 g/mol. The number of nitrogens with zero attached hydrogens (tertiary/aromatic N) is 2. The Morgan fingerprint density at radius 3 is 2.77 bits per heavy atom. The Bertz CT molecular complexity index is 260. The summed E-state index contributed by atoms with van der Waals surface area (Å²) >= 11 is 0. The average molecular weight is 189 g/mol. The molecular formula is C8H13F2N3. The van der Waals surface area contributed by atoms with Gasteiger partial charge in [-0.2, -0.15) is 5.10 Å². The fraction of sp³-hybridized carbons (Fsp3) is 0.625. The van der Waals surface area contributed by atoms with Crippen molar-refractivity contribution in [1.82, 2.24) is 9.78 Å². The van der Waals surface area contributed by atoms with E-state index in [0.29, 0.717) is 12.2 Å². The first-order valence-electron chi connectivity index (χ1n) is 4.20. The second-order valence-electron chi connectivity index (χ2n) is 2.75. The van der Waals surface area contributed by atoms with Gasteiger partial charge in [-0.1, -0.05) is 0 Å². The van der Waals surface area contributed by atoms with E-state index in [1.165, 1.54) is 6.20 Å². The van der Waals surface area contributed by atoms with Crippen molar-refractivity contribution in [2.45, 2.75) is 25.8 Å². The Hall–Kier alpha value is -0.970. The standard InChI is InChI=1S/C8H13F2N3/c1-2-13-7(3-4-12-13)6(5-11)8(9)10/h3-4,6,8H,2,5,11H2,1H3. The van der Waals surface area contributed by atoms with Crippen LogP contribution >= 0.6 is 0 Å². The number of rotatable bonds is 4. The second kappa shape index (κ2) is 4.32. The molecule has 0 aromatic carbocycles. The fourth-order valence-electron chi connectivity index (χ4n) is 1.27. The summed E-state index contributed by atoms with van der Waals surface area (Å²) in [6.45, 7) is 2.39. The minimum atomic E-state index is -2.42. The number of alkyl halides is 2. The first-order valence-corrected chi connectivity index (χ1v) is 4.20. The van der Waals surface area contributed by atoms with Crippen LogP contribution in [0, 0.1) is 0 Å². The molecule has 2 N–H and O–H groups in total. The number of aromatic nitrogens is 2. The van der Waals surface area contributed by atoms with E-state index in [1.807, 2.05) is 6.92 Å². The number of halogens is 2. The second-order valence-corrected chi connectivity index (χ2v) is 2.75. The van der Waals surface area contributed by atoms with E-state index in [0.717, 1.165) is 0 Å². The lowest BCUT2D eigenvalue weighted by atomic mass is 10.1. The van der Waals surface area contributed by atoms with Crippen LogP contribution in [0.5, 0.6) is 0 Å². The van der Waals surface area contributed by atoms with Gasteiger partial charge in [0.15, 0.2) is 0 Å². The Labute approximate surface area is 75.5 Å². The molecule has 0 saturated carbocycles. The van der Waals surface area contributed by atoms with Crippen LogP contribution in [0.25, 0.3) is 0 Å². The summed E-state index contributed by atoms with van der Waals surface area (Å²) in [5.74, 6) is -0.901. The van der Waals surface area contributed by atoms with E-state index in [2.05, 4.69) is 5.10 Å². The first kappa shape index (κ1) is 10.1. The van der Waals surface area contributed by atoms with Gasteiger partial charge < -0.3 is 5.73 Å². The predicted molar refractivity (Wildman–Crippen MR) is 45.7 cm³/mol. The number of aryl methyl sites for hydroxylation is 1. The van der Waals surface area contributed by atoms with Crippen LogP contribution in [-0.4, -0.2) is 22.8 Å². The molecule has 3 nitrogen and oxygen atoms in total. The summed E-state index contributed by atoms with van der Waals surface area (Å²) in [6.07, 6.45) is -0.906. The molecular weight excluding hydrogens is 176 g/mol. The maximum absolute atomic E-state index is 12.5. The van der Waals surface area contributed by atoms with Gasteiger partial charge in [0.2, 0.25) is 6.43 Å². The number of nitrogens with two attached hydrogens (primary N) is 1. The van der Waals surface area contributed by atoms with Gasteiger partial charge in [-0.05, 0) is 13.0 Å². The summed E-state index contributed by atoms with van der Waals surface area (Å²) in [6, 6.07) is 1.59. The van der Waals surface area contributed by atoms with Gasteiger partial charge in [-0.25, -0.2) is 8.78 Å². The quantitative estimate of drug-likeness (QED) is 0.773. The molecule has 1 unspecified atom stereocenters. The Balaban J connectivity index is 2.90. The molecule has 0 spiro atoms. The molecule has 1 atom stereocenters. The molecule has 0 bridgehead atoms. The molecule has 0 aliphatic rings. The van der Waals surface area contributed by atoms with Crippen molar-refractivity contribution in [3.8, 4) is 0 Å². The molecule has 1 aromatic rings. The van der Waals surface area contributed by atoms with E-state index in [-0.39, 0.29) is 6.54 Å². The van der Waals surface area contributed by atoms with E-state index in [4.69, 9.17) is 5.73 Å². The molecule has 1 rings (SSSR count). The van der Waals surface area contributed by atoms with Crippen molar-refractivity contribution < 1.29 is 8.78 Å². The van der Waals surface area contributed by atoms with Crippen LogP contribution in [0.1, 0.15) is 18.5 Å². The van der Waals surface area contributed by atoms with Gasteiger partial charge in [-0.3, -0.25) is 4.68 Å². The molecule has 0 aliphatic carbocycles. The summed E-state index contributed by atoms with van der Waals surface area (Å²) in [7, 11) is 0. The smallest absolute Gasteiger partial charge is 0.248 e. The summed E-state index contributed by atoms with van der Waals surface area (Å²) < 4.78 is 26.5. The van der Waals surface area contributed by atoms with E-state index in [1.54, 1.807) is 10.7 Å². The lowest BCUT2D eigenvalue weighted by molar-refractivity contribution is 0.113. The molecule has 5 heteroatoms. The Kier molecular flexibility index (Phi) is 3.36. The van der Waals surface area contributed by atoms with Crippen molar-refractivity contribution >= 4 is 0 Å². The van der Waals surface area contributed by atoms with Gasteiger partial charge in [0.25, 0.3) is 0 Å². The highest BCUT2D eigenvalue weighted by Crippen LogP contribution is 2.21. The van der Waals surface area contributed by atoms with Crippen LogP contribution in [-0.2, 0) is 6.54 Å². The summed E-state index contributed by atoms with van der Waals surface area (Å²) in [4.78, 5) is 0. The van der Waals surface area contributed by atoms with Crippen molar-refractivity contribution in [3.63, 3.8) is 0 Å². The molecule has 1 aromatic heterocycles. The van der Waals surface area contributed by atoms with Gasteiger partial charge >= 0.3 is 0 Å². The van der Waals surface area contributed by atoms with Gasteiger partial charge in [-0.15, -0.1) is 0 Å². The molecule has 0 saturated heterocycles. The third-order valence-corrected chi connectivity index (χ3v) is 1.99. The first-order chi connectivity index (χ1) is 6.20. The largest absolute Gasteiger partial charge is 0.330 e. The highest BCUT2D eigenvalue weighted by molar-refractivity contribution is 5.09. The van der Waals surface area contributed by atoms with Crippen LogP contribution in [0.15, 0.2) is 12.3 Å². The number of hydrogen-bond acceptors (Lipinski definition) is 2. The highest BCUT2D eigenvalue weighted by Gasteiger charge is 2.23. The van der Waals surface area contributed by atoms with Gasteiger partial charge in [0.1, 0.15) is 0 Å².